The SMILES string of the molecule is CCc1ccc(C(C)NC(=O)NCC2COc3ccccc3O2)cc1. The second-order valence-electron chi connectivity index (χ2n) is 6.17. The molecule has 0 bridgehead atoms. The van der Waals surface area contributed by atoms with Gasteiger partial charge in [-0.3, -0.25) is 0 Å². The van der Waals surface area contributed by atoms with Crippen LogP contribution in [-0.2, 0) is 6.42 Å². The summed E-state index contributed by atoms with van der Waals surface area (Å²) >= 11 is 0. The van der Waals surface area contributed by atoms with E-state index in [0.717, 1.165) is 17.7 Å². The van der Waals surface area contributed by atoms with Gasteiger partial charge < -0.3 is 20.1 Å². The zero-order valence-corrected chi connectivity index (χ0v) is 14.6. The zero-order chi connectivity index (χ0) is 17.6. The van der Waals surface area contributed by atoms with Crippen LogP contribution in [0.2, 0.25) is 0 Å². The molecule has 1 aliphatic rings. The van der Waals surface area contributed by atoms with Crippen molar-refractivity contribution in [3.8, 4) is 11.5 Å². The standard InChI is InChI=1S/C20H24N2O3/c1-3-15-8-10-16(11-9-15)14(2)22-20(23)21-12-17-13-24-18-6-4-5-7-19(18)25-17/h4-11,14,17H,3,12-13H2,1-2H3,(H2,21,22,23). The van der Waals surface area contributed by atoms with Crippen molar-refractivity contribution in [1.82, 2.24) is 10.6 Å². The molecule has 2 aromatic rings. The van der Waals surface area contributed by atoms with E-state index in [1.165, 1.54) is 5.56 Å². The van der Waals surface area contributed by atoms with Gasteiger partial charge in [0.2, 0.25) is 0 Å². The minimum absolute atomic E-state index is 0.0600. The van der Waals surface area contributed by atoms with E-state index in [9.17, 15) is 4.79 Å². The van der Waals surface area contributed by atoms with E-state index in [1.807, 2.05) is 31.2 Å². The lowest BCUT2D eigenvalue weighted by atomic mass is 10.1. The number of hydrogen-bond donors (Lipinski definition) is 2. The van der Waals surface area contributed by atoms with Crippen molar-refractivity contribution in [2.75, 3.05) is 13.2 Å². The van der Waals surface area contributed by atoms with Crippen molar-refractivity contribution in [2.45, 2.75) is 32.4 Å². The van der Waals surface area contributed by atoms with Crippen LogP contribution in [0.5, 0.6) is 11.5 Å². The molecule has 0 saturated carbocycles. The molecule has 0 aromatic heterocycles. The lowest BCUT2D eigenvalue weighted by molar-refractivity contribution is 0.0917. The third-order valence-corrected chi connectivity index (χ3v) is 4.29. The fourth-order valence-corrected chi connectivity index (χ4v) is 2.74. The number of benzene rings is 2. The minimum Gasteiger partial charge on any atom is -0.486 e. The summed E-state index contributed by atoms with van der Waals surface area (Å²) in [5, 5.41) is 5.80. The van der Waals surface area contributed by atoms with Crippen LogP contribution < -0.4 is 20.1 Å². The van der Waals surface area contributed by atoms with Crippen LogP contribution in [-0.4, -0.2) is 25.3 Å². The maximum absolute atomic E-state index is 12.1. The van der Waals surface area contributed by atoms with E-state index in [2.05, 4.69) is 41.8 Å². The second-order valence-corrected chi connectivity index (χ2v) is 6.17. The van der Waals surface area contributed by atoms with E-state index in [0.29, 0.717) is 18.9 Å². The number of rotatable bonds is 5. The predicted octanol–water partition coefficient (Wildman–Crippen LogP) is 3.45. The third-order valence-electron chi connectivity index (χ3n) is 4.29. The van der Waals surface area contributed by atoms with Gasteiger partial charge in [0.05, 0.1) is 12.6 Å². The first-order valence-corrected chi connectivity index (χ1v) is 8.67. The van der Waals surface area contributed by atoms with Crippen molar-refractivity contribution in [3.63, 3.8) is 0 Å². The molecule has 3 rings (SSSR count). The molecule has 2 atom stereocenters. The first kappa shape index (κ1) is 17.1. The zero-order valence-electron chi connectivity index (χ0n) is 14.6. The van der Waals surface area contributed by atoms with Crippen LogP contribution in [0, 0.1) is 0 Å². The fraction of sp³-hybridized carbons (Fsp3) is 0.350. The number of fused-ring (bicyclic) bond motifs is 1. The summed E-state index contributed by atoms with van der Waals surface area (Å²) in [5.74, 6) is 1.46. The Balaban J connectivity index is 1.46. The van der Waals surface area contributed by atoms with Crippen LogP contribution in [0.3, 0.4) is 0 Å². The number of nitrogens with one attached hydrogen (secondary N) is 2. The molecule has 5 nitrogen and oxygen atoms in total. The molecule has 0 radical (unpaired) electrons. The van der Waals surface area contributed by atoms with Crippen molar-refractivity contribution >= 4 is 6.03 Å². The molecule has 2 aromatic carbocycles. The molecule has 0 aliphatic carbocycles. The molecule has 2 N–H and O–H groups in total. The lowest BCUT2D eigenvalue weighted by Gasteiger charge is -2.26. The van der Waals surface area contributed by atoms with E-state index >= 15 is 0 Å². The summed E-state index contributed by atoms with van der Waals surface area (Å²) < 4.78 is 11.5. The summed E-state index contributed by atoms with van der Waals surface area (Å²) in [4.78, 5) is 12.1. The molecule has 0 fully saturated rings. The number of ether oxygens (including phenoxy) is 2. The van der Waals surface area contributed by atoms with E-state index < -0.39 is 0 Å². The average molecular weight is 340 g/mol. The highest BCUT2D eigenvalue weighted by Gasteiger charge is 2.21. The Kier molecular flexibility index (Phi) is 5.43. The summed E-state index contributed by atoms with van der Waals surface area (Å²) in [7, 11) is 0. The summed E-state index contributed by atoms with van der Waals surface area (Å²) in [6.45, 7) is 4.91. The summed E-state index contributed by atoms with van der Waals surface area (Å²) in [5.41, 5.74) is 2.37. The smallest absolute Gasteiger partial charge is 0.315 e. The first-order valence-electron chi connectivity index (χ1n) is 8.67. The Morgan fingerprint density at radius 1 is 1.16 bits per heavy atom. The second kappa shape index (κ2) is 7.92. The maximum atomic E-state index is 12.1. The van der Waals surface area contributed by atoms with E-state index in [-0.39, 0.29) is 18.2 Å². The monoisotopic (exact) mass is 340 g/mol. The normalized spacial score (nSPS) is 16.8. The quantitative estimate of drug-likeness (QED) is 0.876. The lowest BCUT2D eigenvalue weighted by Crippen LogP contribution is -2.45. The Bertz CT molecular complexity index is 715. The molecule has 1 aliphatic heterocycles. The predicted molar refractivity (Wildman–Crippen MR) is 97.1 cm³/mol. The number of carbonyl (C=O) groups is 1. The molecule has 0 spiro atoms. The topological polar surface area (TPSA) is 59.6 Å². The number of aryl methyl sites for hydroxylation is 1. The van der Waals surface area contributed by atoms with Crippen molar-refractivity contribution < 1.29 is 14.3 Å². The van der Waals surface area contributed by atoms with Gasteiger partial charge in [-0.2, -0.15) is 0 Å². The van der Waals surface area contributed by atoms with E-state index in [4.69, 9.17) is 9.47 Å². The number of amides is 2. The van der Waals surface area contributed by atoms with Crippen LogP contribution in [0.4, 0.5) is 4.79 Å². The summed E-state index contributed by atoms with van der Waals surface area (Å²) in [6.07, 6.45) is 0.814. The van der Waals surface area contributed by atoms with Crippen molar-refractivity contribution in [1.29, 1.82) is 0 Å². The number of hydrogen-bond acceptors (Lipinski definition) is 3. The highest BCUT2D eigenvalue weighted by molar-refractivity contribution is 5.74. The maximum Gasteiger partial charge on any atom is 0.315 e. The molecule has 25 heavy (non-hydrogen) atoms. The van der Waals surface area contributed by atoms with Gasteiger partial charge in [0.15, 0.2) is 17.6 Å². The molecular formula is C20H24N2O3. The largest absolute Gasteiger partial charge is 0.486 e. The number of urea groups is 1. The van der Waals surface area contributed by atoms with Crippen molar-refractivity contribution in [2.24, 2.45) is 0 Å². The van der Waals surface area contributed by atoms with Gasteiger partial charge in [0.1, 0.15) is 6.61 Å². The van der Waals surface area contributed by atoms with Gasteiger partial charge in [0.25, 0.3) is 0 Å². The van der Waals surface area contributed by atoms with Crippen LogP contribution >= 0.6 is 0 Å². The summed E-state index contributed by atoms with van der Waals surface area (Å²) in [6, 6.07) is 15.6. The third kappa shape index (κ3) is 4.44. The molecule has 2 unspecified atom stereocenters. The molecule has 0 saturated heterocycles. The highest BCUT2D eigenvalue weighted by Crippen LogP contribution is 2.30. The first-order chi connectivity index (χ1) is 12.2. The Labute approximate surface area is 148 Å². The van der Waals surface area contributed by atoms with Gasteiger partial charge in [-0.05, 0) is 36.6 Å². The van der Waals surface area contributed by atoms with Gasteiger partial charge in [-0.1, -0.05) is 43.3 Å². The molecule has 2 amide bonds. The molecule has 1 heterocycles. The molecule has 5 heteroatoms. The van der Waals surface area contributed by atoms with Gasteiger partial charge in [0, 0.05) is 0 Å². The van der Waals surface area contributed by atoms with Crippen LogP contribution in [0.15, 0.2) is 48.5 Å². The Morgan fingerprint density at radius 2 is 1.88 bits per heavy atom. The number of carbonyl (C=O) groups excluding carboxylic acids is 1. The molecule has 132 valence electrons. The minimum atomic E-state index is -0.213. The molecular weight excluding hydrogens is 316 g/mol. The Hall–Kier alpha value is -2.69. The highest BCUT2D eigenvalue weighted by atomic mass is 16.6. The van der Waals surface area contributed by atoms with Gasteiger partial charge in [-0.25, -0.2) is 4.79 Å². The Morgan fingerprint density at radius 3 is 2.60 bits per heavy atom. The fourth-order valence-electron chi connectivity index (χ4n) is 2.74. The van der Waals surface area contributed by atoms with Crippen molar-refractivity contribution in [3.05, 3.63) is 59.7 Å². The van der Waals surface area contributed by atoms with Crippen LogP contribution in [0.1, 0.15) is 31.0 Å². The van der Waals surface area contributed by atoms with Gasteiger partial charge in [-0.15, -0.1) is 0 Å². The van der Waals surface area contributed by atoms with Crippen LogP contribution in [0.25, 0.3) is 0 Å². The number of para-hydroxylation sites is 2. The average Bonchev–Trinajstić information content (AvgIpc) is 2.66. The van der Waals surface area contributed by atoms with Gasteiger partial charge >= 0.3 is 6.03 Å². The van der Waals surface area contributed by atoms with E-state index in [1.54, 1.807) is 0 Å².